The lowest BCUT2D eigenvalue weighted by molar-refractivity contribution is 0.734. The van der Waals surface area contributed by atoms with E-state index in [-0.39, 0.29) is 6.17 Å². The Morgan fingerprint density at radius 2 is 1.47 bits per heavy atom. The zero-order valence-electron chi connectivity index (χ0n) is 19.0. The van der Waals surface area contributed by atoms with Crippen molar-refractivity contribution in [2.75, 3.05) is 16.8 Å². The number of aromatic nitrogens is 1. The van der Waals surface area contributed by atoms with E-state index < -0.39 is 0 Å². The monoisotopic (exact) mass is 417 g/mol. The average molecular weight is 418 g/mol. The van der Waals surface area contributed by atoms with Crippen molar-refractivity contribution in [3.8, 4) is 5.69 Å². The molecule has 3 heteroatoms. The van der Waals surface area contributed by atoms with E-state index in [1.807, 2.05) is 0 Å². The van der Waals surface area contributed by atoms with E-state index in [9.17, 15) is 0 Å². The molecule has 0 saturated carbocycles. The molecule has 0 unspecified atom stereocenters. The third-order valence-electron chi connectivity index (χ3n) is 6.97. The average Bonchev–Trinajstić information content (AvgIpc) is 3.27. The number of fused-ring (bicyclic) bond motifs is 4. The molecule has 2 heterocycles. The van der Waals surface area contributed by atoms with Crippen molar-refractivity contribution in [2.45, 2.75) is 26.9 Å². The Morgan fingerprint density at radius 3 is 2.28 bits per heavy atom. The first kappa shape index (κ1) is 19.0. The van der Waals surface area contributed by atoms with Gasteiger partial charge in [0.05, 0.1) is 28.1 Å². The highest BCUT2D eigenvalue weighted by Crippen LogP contribution is 2.48. The third kappa shape index (κ3) is 2.54. The van der Waals surface area contributed by atoms with Crippen molar-refractivity contribution < 1.29 is 0 Å². The first-order chi connectivity index (χ1) is 15.6. The molecule has 6 rings (SSSR count). The minimum Gasteiger partial charge on any atom is -0.353 e. The fourth-order valence-electron chi connectivity index (χ4n) is 5.35. The lowest BCUT2D eigenvalue weighted by atomic mass is 10.0. The van der Waals surface area contributed by atoms with Gasteiger partial charge >= 0.3 is 0 Å². The molecular weight excluding hydrogens is 390 g/mol. The van der Waals surface area contributed by atoms with Gasteiger partial charge in [0.1, 0.15) is 6.17 Å². The summed E-state index contributed by atoms with van der Waals surface area (Å²) in [5, 5.41) is 2.61. The van der Waals surface area contributed by atoms with Crippen molar-refractivity contribution in [1.82, 2.24) is 4.57 Å². The van der Waals surface area contributed by atoms with E-state index >= 15 is 0 Å². The van der Waals surface area contributed by atoms with Gasteiger partial charge in [-0.3, -0.25) is 0 Å². The van der Waals surface area contributed by atoms with Crippen LogP contribution < -0.4 is 9.80 Å². The third-order valence-corrected chi connectivity index (χ3v) is 6.97. The molecule has 0 bridgehead atoms. The van der Waals surface area contributed by atoms with Crippen molar-refractivity contribution in [3.05, 3.63) is 96.1 Å². The Labute approximate surface area is 189 Å². The minimum atomic E-state index is 0.234. The van der Waals surface area contributed by atoms with Gasteiger partial charge in [-0.1, -0.05) is 48.5 Å². The van der Waals surface area contributed by atoms with Gasteiger partial charge in [-0.05, 0) is 68.3 Å². The molecule has 32 heavy (non-hydrogen) atoms. The summed E-state index contributed by atoms with van der Waals surface area (Å²) in [5.74, 6) is 0. The van der Waals surface area contributed by atoms with E-state index in [1.165, 1.54) is 55.7 Å². The van der Waals surface area contributed by atoms with E-state index in [2.05, 4.69) is 127 Å². The number of hydrogen-bond acceptors (Lipinski definition) is 2. The molecule has 0 amide bonds. The first-order valence-electron chi connectivity index (χ1n) is 11.3. The number of benzene rings is 4. The van der Waals surface area contributed by atoms with Crippen molar-refractivity contribution >= 4 is 38.9 Å². The van der Waals surface area contributed by atoms with E-state index in [4.69, 9.17) is 0 Å². The zero-order chi connectivity index (χ0) is 22.0. The van der Waals surface area contributed by atoms with Gasteiger partial charge in [-0.25, -0.2) is 0 Å². The van der Waals surface area contributed by atoms with Crippen LogP contribution in [0.25, 0.3) is 27.5 Å². The summed E-state index contributed by atoms with van der Waals surface area (Å²) >= 11 is 0. The van der Waals surface area contributed by atoms with Crippen LogP contribution in [0.5, 0.6) is 0 Å². The molecule has 0 fully saturated rings. The molecule has 0 aliphatic carbocycles. The predicted molar refractivity (Wildman–Crippen MR) is 137 cm³/mol. The molecule has 5 aromatic rings. The lowest BCUT2D eigenvalue weighted by Crippen LogP contribution is -2.36. The summed E-state index contributed by atoms with van der Waals surface area (Å²) < 4.78 is 2.41. The van der Waals surface area contributed by atoms with Gasteiger partial charge in [0, 0.05) is 23.5 Å². The van der Waals surface area contributed by atoms with Gasteiger partial charge in [-0.2, -0.15) is 0 Å². The maximum absolute atomic E-state index is 2.51. The second-order valence-corrected chi connectivity index (χ2v) is 8.92. The highest BCUT2D eigenvalue weighted by molar-refractivity contribution is 6.17. The maximum atomic E-state index is 2.51. The topological polar surface area (TPSA) is 11.4 Å². The fourth-order valence-corrected chi connectivity index (χ4v) is 5.35. The van der Waals surface area contributed by atoms with Gasteiger partial charge in [0.25, 0.3) is 0 Å². The number of para-hydroxylation sites is 3. The van der Waals surface area contributed by atoms with E-state index in [0.29, 0.717) is 0 Å². The molecule has 0 saturated heterocycles. The van der Waals surface area contributed by atoms with Crippen LogP contribution in [-0.4, -0.2) is 17.8 Å². The van der Waals surface area contributed by atoms with Gasteiger partial charge in [0.15, 0.2) is 0 Å². The molecule has 4 aromatic carbocycles. The molecule has 0 N–H and O–H groups in total. The Kier molecular flexibility index (Phi) is 4.09. The predicted octanol–water partition coefficient (Wildman–Crippen LogP) is 7.33. The van der Waals surface area contributed by atoms with Crippen molar-refractivity contribution in [1.29, 1.82) is 0 Å². The second kappa shape index (κ2) is 6.89. The summed E-state index contributed by atoms with van der Waals surface area (Å²) in [6, 6.07) is 30.9. The van der Waals surface area contributed by atoms with Crippen molar-refractivity contribution in [2.24, 2.45) is 0 Å². The van der Waals surface area contributed by atoms with Crippen LogP contribution in [0.15, 0.2) is 84.9 Å². The summed E-state index contributed by atoms with van der Waals surface area (Å²) in [4.78, 5) is 4.88. The molecule has 3 nitrogen and oxygen atoms in total. The van der Waals surface area contributed by atoms with E-state index in [0.717, 1.165) is 0 Å². The minimum absolute atomic E-state index is 0.234. The molecule has 1 aliphatic rings. The Hall–Kier alpha value is -3.72. The zero-order valence-corrected chi connectivity index (χ0v) is 19.0. The van der Waals surface area contributed by atoms with Crippen LogP contribution in [-0.2, 0) is 0 Å². The normalized spacial score (nSPS) is 15.7. The van der Waals surface area contributed by atoms with Crippen LogP contribution >= 0.6 is 0 Å². The number of aryl methyl sites for hydroxylation is 2. The van der Waals surface area contributed by atoms with Gasteiger partial charge in [-0.15, -0.1) is 0 Å². The lowest BCUT2D eigenvalue weighted by Gasteiger charge is -2.30. The Balaban J connectivity index is 1.74. The SMILES string of the molecule is Cc1cccc(-n2c3ccccc3c3c(N4c5ccccc5N(C)[C@@H]4C)c(C)ccc32)c1. The fraction of sp³-hybridized carbons (Fsp3) is 0.172. The summed E-state index contributed by atoms with van der Waals surface area (Å²) in [6.45, 7) is 6.69. The van der Waals surface area contributed by atoms with Gasteiger partial charge in [0.2, 0.25) is 0 Å². The Bertz CT molecular complexity index is 1490. The number of rotatable bonds is 2. The van der Waals surface area contributed by atoms with Crippen LogP contribution in [0, 0.1) is 13.8 Å². The molecule has 158 valence electrons. The van der Waals surface area contributed by atoms with Gasteiger partial charge < -0.3 is 14.4 Å². The number of anilines is 3. The maximum Gasteiger partial charge on any atom is 0.103 e. The quantitative estimate of drug-likeness (QED) is 0.298. The van der Waals surface area contributed by atoms with Crippen LogP contribution in [0.4, 0.5) is 17.1 Å². The summed E-state index contributed by atoms with van der Waals surface area (Å²) in [7, 11) is 2.19. The largest absolute Gasteiger partial charge is 0.353 e. The molecule has 1 aromatic heterocycles. The summed E-state index contributed by atoms with van der Waals surface area (Å²) in [6.07, 6.45) is 0.234. The van der Waals surface area contributed by atoms with Crippen LogP contribution in [0.1, 0.15) is 18.1 Å². The molecule has 1 atom stereocenters. The standard InChI is InChI=1S/C29H27N3/c1-19-10-9-11-22(18-19)32-24-13-6-5-12-23(24)28-27(32)17-16-20(2)29(28)31-21(3)30(4)25-14-7-8-15-26(25)31/h5-18,21H,1-4H3/t21-/m0/s1. The molecular formula is C29H27N3. The summed E-state index contributed by atoms with van der Waals surface area (Å²) in [5.41, 5.74) is 10.1. The molecule has 0 radical (unpaired) electrons. The highest BCUT2D eigenvalue weighted by atomic mass is 15.4. The first-order valence-corrected chi connectivity index (χ1v) is 11.3. The highest BCUT2D eigenvalue weighted by Gasteiger charge is 2.33. The number of hydrogen-bond donors (Lipinski definition) is 0. The smallest absolute Gasteiger partial charge is 0.103 e. The second-order valence-electron chi connectivity index (χ2n) is 8.92. The van der Waals surface area contributed by atoms with Crippen LogP contribution in [0.3, 0.4) is 0 Å². The Morgan fingerprint density at radius 1 is 0.719 bits per heavy atom. The molecule has 1 aliphatic heterocycles. The van der Waals surface area contributed by atoms with Crippen molar-refractivity contribution in [3.63, 3.8) is 0 Å². The number of nitrogens with zero attached hydrogens (tertiary/aromatic N) is 3. The van der Waals surface area contributed by atoms with Crippen LogP contribution in [0.2, 0.25) is 0 Å². The molecule has 0 spiro atoms. The van der Waals surface area contributed by atoms with E-state index in [1.54, 1.807) is 0 Å².